The van der Waals surface area contributed by atoms with Crippen LogP contribution < -0.4 is 10.1 Å². The van der Waals surface area contributed by atoms with Gasteiger partial charge < -0.3 is 15.2 Å². The molecule has 1 aromatic rings. The number of benzene rings is 1. The molecule has 0 saturated heterocycles. The van der Waals surface area contributed by atoms with Crippen LogP contribution in [0.1, 0.15) is 24.8 Å². The van der Waals surface area contributed by atoms with Gasteiger partial charge in [0.1, 0.15) is 5.75 Å². The summed E-state index contributed by atoms with van der Waals surface area (Å²) in [4.78, 5) is 22.1. The SMILES string of the molecule is COc1ccc(Br)c(CC(=O)NCCCCC(=O)O)c1. The quantitative estimate of drug-likeness (QED) is 0.710. The van der Waals surface area contributed by atoms with Crippen LogP contribution in [-0.4, -0.2) is 30.6 Å². The molecule has 0 saturated carbocycles. The lowest BCUT2D eigenvalue weighted by Crippen LogP contribution is -2.26. The predicted octanol–water partition coefficient (Wildman–Crippen LogP) is 2.37. The summed E-state index contributed by atoms with van der Waals surface area (Å²) >= 11 is 3.40. The number of carbonyl (C=O) groups excluding carboxylic acids is 1. The number of carboxylic acid groups (broad SMARTS) is 1. The zero-order chi connectivity index (χ0) is 15.0. The fourth-order valence-electron chi connectivity index (χ4n) is 1.68. The summed E-state index contributed by atoms with van der Waals surface area (Å²) in [7, 11) is 1.58. The third-order valence-electron chi connectivity index (χ3n) is 2.74. The number of hydrogen-bond donors (Lipinski definition) is 2. The second-order valence-electron chi connectivity index (χ2n) is 4.33. The van der Waals surface area contributed by atoms with Gasteiger partial charge in [-0.3, -0.25) is 9.59 Å². The first-order chi connectivity index (χ1) is 9.52. The number of carbonyl (C=O) groups is 2. The number of rotatable bonds is 8. The number of ether oxygens (including phenoxy) is 1. The highest BCUT2D eigenvalue weighted by atomic mass is 79.9. The summed E-state index contributed by atoms with van der Waals surface area (Å²) in [5.74, 6) is -0.191. The molecule has 2 N–H and O–H groups in total. The maximum atomic E-state index is 11.8. The monoisotopic (exact) mass is 343 g/mol. The molecule has 0 atom stereocenters. The number of carboxylic acids is 1. The summed E-state index contributed by atoms with van der Waals surface area (Å²) in [5.41, 5.74) is 0.854. The van der Waals surface area contributed by atoms with Crippen molar-refractivity contribution in [3.05, 3.63) is 28.2 Å². The van der Waals surface area contributed by atoms with E-state index in [1.807, 2.05) is 18.2 Å². The molecule has 0 aliphatic carbocycles. The average molecular weight is 344 g/mol. The van der Waals surface area contributed by atoms with Crippen molar-refractivity contribution >= 4 is 27.8 Å². The highest BCUT2D eigenvalue weighted by molar-refractivity contribution is 9.10. The zero-order valence-corrected chi connectivity index (χ0v) is 12.9. The summed E-state index contributed by atoms with van der Waals surface area (Å²) in [6, 6.07) is 5.47. The van der Waals surface area contributed by atoms with Crippen molar-refractivity contribution in [3.8, 4) is 5.75 Å². The van der Waals surface area contributed by atoms with Gasteiger partial charge in [0.15, 0.2) is 0 Å². The van der Waals surface area contributed by atoms with Gasteiger partial charge in [0.25, 0.3) is 0 Å². The Bertz CT molecular complexity index is 476. The molecule has 1 rings (SSSR count). The van der Waals surface area contributed by atoms with E-state index in [0.29, 0.717) is 25.1 Å². The van der Waals surface area contributed by atoms with Crippen molar-refractivity contribution in [1.82, 2.24) is 5.32 Å². The van der Waals surface area contributed by atoms with Crippen molar-refractivity contribution in [1.29, 1.82) is 0 Å². The fraction of sp³-hybridized carbons (Fsp3) is 0.429. The van der Waals surface area contributed by atoms with E-state index in [1.54, 1.807) is 7.11 Å². The minimum atomic E-state index is -0.809. The smallest absolute Gasteiger partial charge is 0.303 e. The van der Waals surface area contributed by atoms with Gasteiger partial charge >= 0.3 is 5.97 Å². The van der Waals surface area contributed by atoms with Gasteiger partial charge in [0, 0.05) is 17.4 Å². The molecule has 20 heavy (non-hydrogen) atoms. The molecule has 0 aliphatic heterocycles. The van der Waals surface area contributed by atoms with Gasteiger partial charge in [0.05, 0.1) is 13.5 Å². The van der Waals surface area contributed by atoms with E-state index in [4.69, 9.17) is 9.84 Å². The van der Waals surface area contributed by atoms with E-state index >= 15 is 0 Å². The summed E-state index contributed by atoms with van der Waals surface area (Å²) in [6.07, 6.45) is 1.63. The van der Waals surface area contributed by atoms with Crippen molar-refractivity contribution in [2.75, 3.05) is 13.7 Å². The normalized spacial score (nSPS) is 10.1. The lowest BCUT2D eigenvalue weighted by atomic mass is 10.1. The number of amides is 1. The van der Waals surface area contributed by atoms with E-state index in [-0.39, 0.29) is 18.7 Å². The molecule has 0 heterocycles. The highest BCUT2D eigenvalue weighted by Crippen LogP contribution is 2.22. The number of methoxy groups -OCH3 is 1. The molecule has 1 aromatic carbocycles. The van der Waals surface area contributed by atoms with Crippen LogP contribution >= 0.6 is 15.9 Å². The molecule has 0 fully saturated rings. The van der Waals surface area contributed by atoms with E-state index in [2.05, 4.69) is 21.2 Å². The molecule has 0 aromatic heterocycles. The van der Waals surface area contributed by atoms with Crippen LogP contribution in [0.15, 0.2) is 22.7 Å². The topological polar surface area (TPSA) is 75.6 Å². The van der Waals surface area contributed by atoms with Crippen molar-refractivity contribution in [2.24, 2.45) is 0 Å². The van der Waals surface area contributed by atoms with Gasteiger partial charge in [0.2, 0.25) is 5.91 Å². The first-order valence-electron chi connectivity index (χ1n) is 6.34. The predicted molar refractivity (Wildman–Crippen MR) is 78.9 cm³/mol. The highest BCUT2D eigenvalue weighted by Gasteiger charge is 2.08. The van der Waals surface area contributed by atoms with Crippen LogP contribution in [-0.2, 0) is 16.0 Å². The maximum Gasteiger partial charge on any atom is 0.303 e. The third-order valence-corrected chi connectivity index (χ3v) is 3.52. The van der Waals surface area contributed by atoms with Crippen LogP contribution in [0.3, 0.4) is 0 Å². The van der Waals surface area contributed by atoms with Gasteiger partial charge in [-0.25, -0.2) is 0 Å². The first-order valence-corrected chi connectivity index (χ1v) is 7.13. The van der Waals surface area contributed by atoms with Crippen LogP contribution in [0.5, 0.6) is 5.75 Å². The Morgan fingerprint density at radius 2 is 2.10 bits per heavy atom. The van der Waals surface area contributed by atoms with Crippen LogP contribution in [0.4, 0.5) is 0 Å². The largest absolute Gasteiger partial charge is 0.497 e. The molecule has 5 nitrogen and oxygen atoms in total. The van der Waals surface area contributed by atoms with Gasteiger partial charge in [-0.15, -0.1) is 0 Å². The Labute approximate surface area is 126 Å². The molecule has 0 unspecified atom stereocenters. The Balaban J connectivity index is 2.37. The van der Waals surface area contributed by atoms with E-state index in [0.717, 1.165) is 10.0 Å². The summed E-state index contributed by atoms with van der Waals surface area (Å²) in [5, 5.41) is 11.3. The molecule has 110 valence electrons. The summed E-state index contributed by atoms with van der Waals surface area (Å²) in [6.45, 7) is 0.494. The van der Waals surface area contributed by atoms with E-state index < -0.39 is 5.97 Å². The van der Waals surface area contributed by atoms with Crippen molar-refractivity contribution < 1.29 is 19.4 Å². The average Bonchev–Trinajstić information content (AvgIpc) is 2.40. The van der Waals surface area contributed by atoms with E-state index in [1.165, 1.54) is 0 Å². The lowest BCUT2D eigenvalue weighted by Gasteiger charge is -2.08. The van der Waals surface area contributed by atoms with E-state index in [9.17, 15) is 9.59 Å². The maximum absolute atomic E-state index is 11.8. The van der Waals surface area contributed by atoms with Gasteiger partial charge in [-0.2, -0.15) is 0 Å². The second-order valence-corrected chi connectivity index (χ2v) is 5.19. The lowest BCUT2D eigenvalue weighted by molar-refractivity contribution is -0.137. The minimum absolute atomic E-state index is 0.0886. The van der Waals surface area contributed by atoms with Crippen LogP contribution in [0.2, 0.25) is 0 Å². The van der Waals surface area contributed by atoms with Crippen molar-refractivity contribution in [2.45, 2.75) is 25.7 Å². The Morgan fingerprint density at radius 3 is 2.75 bits per heavy atom. The Morgan fingerprint density at radius 1 is 1.35 bits per heavy atom. The number of aliphatic carboxylic acids is 1. The number of hydrogen-bond acceptors (Lipinski definition) is 3. The molecule has 0 spiro atoms. The second kappa shape index (κ2) is 8.58. The molecular weight excluding hydrogens is 326 g/mol. The van der Waals surface area contributed by atoms with Crippen LogP contribution in [0.25, 0.3) is 0 Å². The van der Waals surface area contributed by atoms with Crippen LogP contribution in [0, 0.1) is 0 Å². The summed E-state index contributed by atoms with van der Waals surface area (Å²) < 4.78 is 5.98. The molecular formula is C14H18BrNO4. The number of halogens is 1. The number of nitrogens with one attached hydrogen (secondary N) is 1. The zero-order valence-electron chi connectivity index (χ0n) is 11.3. The third kappa shape index (κ3) is 6.06. The van der Waals surface area contributed by atoms with Crippen molar-refractivity contribution in [3.63, 3.8) is 0 Å². The molecule has 6 heteroatoms. The number of unbranched alkanes of at least 4 members (excludes halogenated alkanes) is 1. The molecule has 0 aliphatic rings. The molecule has 1 amide bonds. The minimum Gasteiger partial charge on any atom is -0.497 e. The molecule has 0 radical (unpaired) electrons. The molecule has 0 bridgehead atoms. The fourth-order valence-corrected chi connectivity index (χ4v) is 2.06. The Kier molecular flexibility index (Phi) is 7.08. The standard InChI is InChI=1S/C14H18BrNO4/c1-20-11-5-6-12(15)10(8-11)9-13(17)16-7-3-2-4-14(18)19/h5-6,8H,2-4,7,9H2,1H3,(H,16,17)(H,18,19). The van der Waals surface area contributed by atoms with Gasteiger partial charge in [-0.1, -0.05) is 15.9 Å². The first kappa shape index (κ1) is 16.5. The Hall–Kier alpha value is -1.56. The van der Waals surface area contributed by atoms with Gasteiger partial charge in [-0.05, 0) is 36.6 Å².